The van der Waals surface area contributed by atoms with Crippen LogP contribution in [-0.4, -0.2) is 30.1 Å². The molecule has 2 aromatic carbocycles. The molecule has 1 heterocycles. The summed E-state index contributed by atoms with van der Waals surface area (Å²) in [7, 11) is 3.61. The fourth-order valence-corrected chi connectivity index (χ4v) is 2.53. The van der Waals surface area contributed by atoms with Crippen molar-refractivity contribution in [1.29, 1.82) is 0 Å². The first-order valence-electron chi connectivity index (χ1n) is 8.43. The van der Waals surface area contributed by atoms with Crippen LogP contribution in [0.1, 0.15) is 17.0 Å². The van der Waals surface area contributed by atoms with Crippen molar-refractivity contribution in [2.75, 3.05) is 14.1 Å². The Labute approximate surface area is 157 Å². The van der Waals surface area contributed by atoms with Crippen molar-refractivity contribution in [3.05, 3.63) is 84.0 Å². The Morgan fingerprint density at radius 2 is 1.93 bits per heavy atom. The van der Waals surface area contributed by atoms with E-state index in [0.717, 1.165) is 5.56 Å². The molecule has 1 aromatic heterocycles. The molecule has 0 saturated heterocycles. The predicted octanol–water partition coefficient (Wildman–Crippen LogP) is 3.92. The minimum Gasteiger partial charge on any atom is -0.370 e. The van der Waals surface area contributed by atoms with E-state index in [0.29, 0.717) is 34.1 Å². The molecule has 0 aliphatic heterocycles. The van der Waals surface area contributed by atoms with E-state index in [1.807, 2.05) is 36.4 Å². The predicted molar refractivity (Wildman–Crippen MR) is 105 cm³/mol. The first-order valence-corrected chi connectivity index (χ1v) is 8.43. The van der Waals surface area contributed by atoms with Gasteiger partial charge in [-0.15, -0.1) is 0 Å². The molecule has 0 unspecified atom stereocenters. The van der Waals surface area contributed by atoms with Gasteiger partial charge in [0.25, 0.3) is 0 Å². The lowest BCUT2D eigenvalue weighted by atomic mass is 9.99. The number of rotatable bonds is 5. The largest absolute Gasteiger partial charge is 0.370 e. The number of hydrogen-bond acceptors (Lipinski definition) is 3. The summed E-state index contributed by atoms with van der Waals surface area (Å²) in [4.78, 5) is 5.90. The number of guanidine groups is 1. The van der Waals surface area contributed by atoms with Crippen LogP contribution in [-0.2, 0) is 6.54 Å². The van der Waals surface area contributed by atoms with Crippen molar-refractivity contribution in [1.82, 2.24) is 10.1 Å². The van der Waals surface area contributed by atoms with Crippen LogP contribution in [0.2, 0.25) is 0 Å². The topological polar surface area (TPSA) is 67.7 Å². The number of nitrogens with two attached hydrogens (primary N) is 1. The summed E-state index contributed by atoms with van der Waals surface area (Å²) in [5, 5.41) is 4.00. The van der Waals surface area contributed by atoms with Crippen LogP contribution in [0.3, 0.4) is 0 Å². The van der Waals surface area contributed by atoms with Gasteiger partial charge in [-0.3, -0.25) is 0 Å². The third kappa shape index (κ3) is 4.23. The molecule has 0 aliphatic rings. The molecule has 3 aromatic rings. The Balaban J connectivity index is 1.79. The van der Waals surface area contributed by atoms with Crippen LogP contribution in [0.25, 0.3) is 16.7 Å². The van der Waals surface area contributed by atoms with Crippen LogP contribution in [0.15, 0.2) is 70.7 Å². The number of benzene rings is 2. The van der Waals surface area contributed by atoms with E-state index in [1.165, 1.54) is 6.07 Å². The Hall–Kier alpha value is -3.41. The van der Waals surface area contributed by atoms with E-state index in [2.05, 4.69) is 16.7 Å². The first-order chi connectivity index (χ1) is 13.0. The van der Waals surface area contributed by atoms with Crippen LogP contribution in [0.5, 0.6) is 0 Å². The van der Waals surface area contributed by atoms with Gasteiger partial charge in [-0.25, -0.2) is 9.38 Å². The Morgan fingerprint density at radius 1 is 1.19 bits per heavy atom. The van der Waals surface area contributed by atoms with Gasteiger partial charge in [-0.2, -0.15) is 0 Å². The van der Waals surface area contributed by atoms with Gasteiger partial charge in [-0.05, 0) is 17.2 Å². The lowest BCUT2D eigenvalue weighted by Gasteiger charge is -2.09. The second-order valence-electron chi connectivity index (χ2n) is 6.29. The van der Waals surface area contributed by atoms with E-state index in [4.69, 9.17) is 10.3 Å². The molecule has 0 bridgehead atoms. The number of halogens is 1. The maximum absolute atomic E-state index is 14.6. The van der Waals surface area contributed by atoms with Gasteiger partial charge >= 0.3 is 0 Å². The highest BCUT2D eigenvalue weighted by molar-refractivity contribution is 5.78. The highest BCUT2D eigenvalue weighted by Crippen LogP contribution is 2.28. The molecule has 0 atom stereocenters. The molecule has 0 fully saturated rings. The second kappa shape index (κ2) is 7.86. The van der Waals surface area contributed by atoms with Crippen molar-refractivity contribution in [3.8, 4) is 11.1 Å². The van der Waals surface area contributed by atoms with Crippen LogP contribution in [0, 0.1) is 5.82 Å². The molecule has 0 amide bonds. The zero-order chi connectivity index (χ0) is 19.4. The average molecular weight is 364 g/mol. The van der Waals surface area contributed by atoms with Crippen molar-refractivity contribution in [2.24, 2.45) is 10.7 Å². The summed E-state index contributed by atoms with van der Waals surface area (Å²) in [6, 6.07) is 16.2. The molecule has 0 radical (unpaired) electrons. The summed E-state index contributed by atoms with van der Waals surface area (Å²) in [6.07, 6.45) is 0. The highest BCUT2D eigenvalue weighted by atomic mass is 19.1. The van der Waals surface area contributed by atoms with Gasteiger partial charge in [0.15, 0.2) is 11.7 Å². The minimum atomic E-state index is -0.313. The van der Waals surface area contributed by atoms with Gasteiger partial charge in [0.1, 0.15) is 18.1 Å². The maximum Gasteiger partial charge on any atom is 0.191 e. The summed E-state index contributed by atoms with van der Waals surface area (Å²) >= 11 is 0. The molecule has 0 spiro atoms. The molecule has 3 rings (SSSR count). The summed E-state index contributed by atoms with van der Waals surface area (Å²) < 4.78 is 19.9. The van der Waals surface area contributed by atoms with Gasteiger partial charge in [0.2, 0.25) is 0 Å². The zero-order valence-corrected chi connectivity index (χ0v) is 15.3. The highest BCUT2D eigenvalue weighted by Gasteiger charge is 2.12. The Kier molecular flexibility index (Phi) is 5.35. The second-order valence-corrected chi connectivity index (χ2v) is 6.29. The van der Waals surface area contributed by atoms with E-state index in [9.17, 15) is 4.39 Å². The molecule has 6 heteroatoms. The molecular weight excluding hydrogens is 343 g/mol. The number of hydrogen-bond donors (Lipinski definition) is 1. The molecule has 138 valence electrons. The standard InChI is InChI=1S/C21H21FN4O/c1-14(20-12-17(27-25-20)13-24-21(23)26(2)3)16-9-10-18(19(22)11-16)15-7-5-4-6-8-15/h4-12H,1,13H2,2-3H3,(H2,23,24). The smallest absolute Gasteiger partial charge is 0.191 e. The van der Waals surface area contributed by atoms with Crippen LogP contribution in [0.4, 0.5) is 4.39 Å². The number of aromatic nitrogens is 1. The zero-order valence-electron chi connectivity index (χ0n) is 15.3. The van der Waals surface area contributed by atoms with Gasteiger partial charge in [0, 0.05) is 31.3 Å². The van der Waals surface area contributed by atoms with Crippen molar-refractivity contribution < 1.29 is 8.91 Å². The Bertz CT molecular complexity index is 977. The lowest BCUT2D eigenvalue weighted by Crippen LogP contribution is -2.30. The van der Waals surface area contributed by atoms with Gasteiger partial charge in [-0.1, -0.05) is 54.2 Å². The maximum atomic E-state index is 14.6. The molecule has 5 nitrogen and oxygen atoms in total. The fraction of sp³-hybridized carbons (Fsp3) is 0.143. The third-order valence-electron chi connectivity index (χ3n) is 4.13. The normalized spacial score (nSPS) is 11.4. The van der Waals surface area contributed by atoms with Crippen molar-refractivity contribution >= 4 is 11.5 Å². The van der Waals surface area contributed by atoms with Crippen LogP contribution < -0.4 is 5.73 Å². The molecule has 2 N–H and O–H groups in total. The SMILES string of the molecule is C=C(c1ccc(-c2ccccc2)c(F)c1)c1cc(CN=C(N)N(C)C)on1. The first kappa shape index (κ1) is 18.4. The van der Waals surface area contributed by atoms with Crippen LogP contribution >= 0.6 is 0 Å². The summed E-state index contributed by atoms with van der Waals surface area (Å²) in [5.41, 5.74) is 8.88. The lowest BCUT2D eigenvalue weighted by molar-refractivity contribution is 0.383. The molecule has 0 saturated carbocycles. The van der Waals surface area contributed by atoms with Gasteiger partial charge in [0.05, 0.1) is 0 Å². The van der Waals surface area contributed by atoms with E-state index < -0.39 is 0 Å². The average Bonchev–Trinajstić information content (AvgIpc) is 3.15. The monoisotopic (exact) mass is 364 g/mol. The summed E-state index contributed by atoms with van der Waals surface area (Å²) in [6.45, 7) is 4.29. The summed E-state index contributed by atoms with van der Waals surface area (Å²) in [5.74, 6) is 0.634. The van der Waals surface area contributed by atoms with Crippen molar-refractivity contribution in [3.63, 3.8) is 0 Å². The minimum absolute atomic E-state index is 0.269. The quantitative estimate of drug-likeness (QED) is 0.550. The van der Waals surface area contributed by atoms with E-state index in [-0.39, 0.29) is 12.4 Å². The van der Waals surface area contributed by atoms with E-state index in [1.54, 1.807) is 31.1 Å². The molecule has 27 heavy (non-hydrogen) atoms. The van der Waals surface area contributed by atoms with Gasteiger partial charge < -0.3 is 15.2 Å². The molecule has 0 aliphatic carbocycles. The van der Waals surface area contributed by atoms with Crippen molar-refractivity contribution in [2.45, 2.75) is 6.54 Å². The number of nitrogens with zero attached hydrogens (tertiary/aromatic N) is 3. The molecular formula is C21H21FN4O. The van der Waals surface area contributed by atoms with E-state index >= 15 is 0 Å². The Morgan fingerprint density at radius 3 is 2.59 bits per heavy atom. The third-order valence-corrected chi connectivity index (χ3v) is 4.13. The fourth-order valence-electron chi connectivity index (χ4n) is 2.53. The number of aliphatic imine (C=N–C) groups is 1.